The number of hydrogen-bond donors (Lipinski definition) is 0. The molecule has 0 N–H and O–H groups in total. The molecule has 1 aliphatic rings. The minimum Gasteiger partial charge on any atom is -0.446 e. The van der Waals surface area contributed by atoms with Gasteiger partial charge in [0.2, 0.25) is 5.60 Å². The lowest BCUT2D eigenvalue weighted by Crippen LogP contribution is -2.40. The Morgan fingerprint density at radius 2 is 2.06 bits per heavy atom. The molecular weight excluding hydrogens is 212 g/mol. The van der Waals surface area contributed by atoms with Crippen LogP contribution in [-0.4, -0.2) is 23.5 Å². The fraction of sp³-hybridized carbons (Fsp3) is 0.727. The molecule has 5 heteroatoms. The van der Waals surface area contributed by atoms with Crippen LogP contribution in [0.3, 0.4) is 0 Å². The van der Waals surface area contributed by atoms with Crippen molar-refractivity contribution >= 4 is 17.9 Å². The highest BCUT2D eigenvalue weighted by atomic mass is 16.6. The number of esters is 3. The third-order valence-electron chi connectivity index (χ3n) is 2.87. The number of ether oxygens (including phenoxy) is 2. The Hall–Kier alpha value is -1.39. The van der Waals surface area contributed by atoms with E-state index >= 15 is 0 Å². The SMILES string of the molecule is CCC(C)(C)C(=O)OC1(C)CC(=O)OC1=O. The van der Waals surface area contributed by atoms with E-state index in [2.05, 4.69) is 4.74 Å². The number of carbonyl (C=O) groups is 3. The second-order valence-corrected chi connectivity index (χ2v) is 4.80. The Labute approximate surface area is 94.1 Å². The minimum atomic E-state index is -1.46. The van der Waals surface area contributed by atoms with Crippen LogP contribution in [0.1, 0.15) is 40.5 Å². The number of hydrogen-bond acceptors (Lipinski definition) is 5. The van der Waals surface area contributed by atoms with Gasteiger partial charge in [0.25, 0.3) is 0 Å². The maximum Gasteiger partial charge on any atom is 0.358 e. The molecule has 0 amide bonds. The van der Waals surface area contributed by atoms with Crippen LogP contribution in [0.2, 0.25) is 0 Å². The second-order valence-electron chi connectivity index (χ2n) is 4.80. The number of carbonyl (C=O) groups excluding carboxylic acids is 3. The molecule has 16 heavy (non-hydrogen) atoms. The molecule has 0 aromatic carbocycles. The van der Waals surface area contributed by atoms with Gasteiger partial charge < -0.3 is 9.47 Å². The van der Waals surface area contributed by atoms with Crippen LogP contribution in [0.5, 0.6) is 0 Å². The molecule has 5 nitrogen and oxygen atoms in total. The zero-order chi connectivity index (χ0) is 12.6. The van der Waals surface area contributed by atoms with Crippen LogP contribution in [0.25, 0.3) is 0 Å². The largest absolute Gasteiger partial charge is 0.446 e. The third-order valence-corrected chi connectivity index (χ3v) is 2.87. The van der Waals surface area contributed by atoms with E-state index in [1.54, 1.807) is 13.8 Å². The molecule has 90 valence electrons. The molecule has 1 saturated heterocycles. The summed E-state index contributed by atoms with van der Waals surface area (Å²) in [7, 11) is 0. The molecule has 0 aromatic rings. The third kappa shape index (κ3) is 2.23. The maximum absolute atomic E-state index is 11.8. The molecule has 0 bridgehead atoms. The van der Waals surface area contributed by atoms with Crippen molar-refractivity contribution < 1.29 is 23.9 Å². The molecule has 0 spiro atoms. The first-order valence-electron chi connectivity index (χ1n) is 5.20. The topological polar surface area (TPSA) is 69.7 Å². The van der Waals surface area contributed by atoms with Gasteiger partial charge in [0.05, 0.1) is 11.8 Å². The van der Waals surface area contributed by atoms with Crippen molar-refractivity contribution in [2.45, 2.75) is 46.1 Å². The fourth-order valence-corrected chi connectivity index (χ4v) is 1.16. The lowest BCUT2D eigenvalue weighted by atomic mass is 9.90. The first-order chi connectivity index (χ1) is 7.21. The van der Waals surface area contributed by atoms with E-state index < -0.39 is 28.9 Å². The maximum atomic E-state index is 11.8. The van der Waals surface area contributed by atoms with Gasteiger partial charge in [-0.15, -0.1) is 0 Å². The molecule has 0 aliphatic carbocycles. The number of rotatable bonds is 3. The van der Waals surface area contributed by atoms with Gasteiger partial charge >= 0.3 is 17.9 Å². The summed E-state index contributed by atoms with van der Waals surface area (Å²) < 4.78 is 9.47. The lowest BCUT2D eigenvalue weighted by molar-refractivity contribution is -0.178. The van der Waals surface area contributed by atoms with Gasteiger partial charge in [-0.2, -0.15) is 0 Å². The van der Waals surface area contributed by atoms with E-state index in [1.165, 1.54) is 6.92 Å². The van der Waals surface area contributed by atoms with Crippen molar-refractivity contribution in [3.8, 4) is 0 Å². The Bertz CT molecular complexity index is 344. The molecule has 1 fully saturated rings. The smallest absolute Gasteiger partial charge is 0.358 e. The van der Waals surface area contributed by atoms with Crippen LogP contribution < -0.4 is 0 Å². The summed E-state index contributed by atoms with van der Waals surface area (Å²) in [6, 6.07) is 0. The van der Waals surface area contributed by atoms with E-state index in [9.17, 15) is 14.4 Å². The molecule has 0 radical (unpaired) electrons. The Morgan fingerprint density at radius 1 is 1.50 bits per heavy atom. The van der Waals surface area contributed by atoms with E-state index in [4.69, 9.17) is 4.74 Å². The average molecular weight is 228 g/mol. The Morgan fingerprint density at radius 3 is 2.44 bits per heavy atom. The van der Waals surface area contributed by atoms with Gasteiger partial charge in [-0.05, 0) is 27.2 Å². The quantitative estimate of drug-likeness (QED) is 0.536. The molecule has 1 aliphatic heterocycles. The minimum absolute atomic E-state index is 0.211. The standard InChI is InChI=1S/C11H16O5/c1-5-10(2,3)8(13)16-11(4)6-7(12)15-9(11)14/h5-6H2,1-4H3. The van der Waals surface area contributed by atoms with Crippen molar-refractivity contribution in [3.05, 3.63) is 0 Å². The van der Waals surface area contributed by atoms with Gasteiger partial charge in [-0.25, -0.2) is 4.79 Å². The van der Waals surface area contributed by atoms with Crippen LogP contribution in [-0.2, 0) is 23.9 Å². The Kier molecular flexibility index (Phi) is 3.08. The van der Waals surface area contributed by atoms with Crippen LogP contribution >= 0.6 is 0 Å². The zero-order valence-electron chi connectivity index (χ0n) is 9.96. The molecule has 0 saturated carbocycles. The van der Waals surface area contributed by atoms with Gasteiger partial charge in [0.1, 0.15) is 0 Å². The van der Waals surface area contributed by atoms with Gasteiger partial charge in [0, 0.05) is 0 Å². The van der Waals surface area contributed by atoms with Crippen molar-refractivity contribution in [1.82, 2.24) is 0 Å². The molecule has 1 heterocycles. The van der Waals surface area contributed by atoms with Crippen molar-refractivity contribution in [3.63, 3.8) is 0 Å². The van der Waals surface area contributed by atoms with Crippen molar-refractivity contribution in [2.24, 2.45) is 5.41 Å². The molecule has 1 unspecified atom stereocenters. The summed E-state index contributed by atoms with van der Waals surface area (Å²) in [4.78, 5) is 34.0. The summed E-state index contributed by atoms with van der Waals surface area (Å²) in [5.74, 6) is -1.95. The molecular formula is C11H16O5. The first kappa shape index (κ1) is 12.7. The number of cyclic esters (lactones) is 2. The highest BCUT2D eigenvalue weighted by molar-refractivity contribution is 6.00. The van der Waals surface area contributed by atoms with Crippen LogP contribution in [0, 0.1) is 5.41 Å². The second kappa shape index (κ2) is 3.88. The summed E-state index contributed by atoms with van der Waals surface area (Å²) in [6.45, 7) is 6.69. The normalized spacial score (nSPS) is 25.5. The van der Waals surface area contributed by atoms with E-state index in [0.717, 1.165) is 0 Å². The highest BCUT2D eigenvalue weighted by Gasteiger charge is 2.50. The Balaban J connectivity index is 2.78. The van der Waals surface area contributed by atoms with Crippen LogP contribution in [0.15, 0.2) is 0 Å². The summed E-state index contributed by atoms with van der Waals surface area (Å²) in [5, 5.41) is 0. The summed E-state index contributed by atoms with van der Waals surface area (Å²) in [6.07, 6.45) is 0.377. The van der Waals surface area contributed by atoms with E-state index in [0.29, 0.717) is 6.42 Å². The predicted molar refractivity (Wildman–Crippen MR) is 54.3 cm³/mol. The zero-order valence-corrected chi connectivity index (χ0v) is 9.96. The first-order valence-corrected chi connectivity index (χ1v) is 5.20. The summed E-state index contributed by atoms with van der Waals surface area (Å²) in [5.41, 5.74) is -2.13. The molecule has 1 atom stereocenters. The van der Waals surface area contributed by atoms with Crippen molar-refractivity contribution in [2.75, 3.05) is 0 Å². The van der Waals surface area contributed by atoms with E-state index in [1.807, 2.05) is 6.92 Å². The summed E-state index contributed by atoms with van der Waals surface area (Å²) >= 11 is 0. The lowest BCUT2D eigenvalue weighted by Gasteiger charge is -2.26. The van der Waals surface area contributed by atoms with Gasteiger partial charge in [0.15, 0.2) is 0 Å². The van der Waals surface area contributed by atoms with Crippen LogP contribution in [0.4, 0.5) is 0 Å². The molecule has 0 aromatic heterocycles. The monoisotopic (exact) mass is 228 g/mol. The average Bonchev–Trinajstić information content (AvgIpc) is 2.40. The van der Waals surface area contributed by atoms with Gasteiger partial charge in [-0.3, -0.25) is 9.59 Å². The van der Waals surface area contributed by atoms with E-state index in [-0.39, 0.29) is 6.42 Å². The highest BCUT2D eigenvalue weighted by Crippen LogP contribution is 2.30. The fourth-order valence-electron chi connectivity index (χ4n) is 1.16. The molecule has 1 rings (SSSR count). The van der Waals surface area contributed by atoms with Gasteiger partial charge in [-0.1, -0.05) is 6.92 Å². The predicted octanol–water partition coefficient (Wildman–Crippen LogP) is 1.20. The van der Waals surface area contributed by atoms with Crippen molar-refractivity contribution in [1.29, 1.82) is 0 Å².